The van der Waals surface area contributed by atoms with Crippen LogP contribution in [0.1, 0.15) is 101 Å². The van der Waals surface area contributed by atoms with Gasteiger partial charge in [0.25, 0.3) is 0 Å². The minimum atomic E-state index is -1.21. The van der Waals surface area contributed by atoms with Crippen LogP contribution in [0.4, 0.5) is 0 Å². The van der Waals surface area contributed by atoms with E-state index in [0.29, 0.717) is 34.9 Å². The molecule has 0 fully saturated rings. The lowest BCUT2D eigenvalue weighted by molar-refractivity contribution is -0.157. The SMILES string of the molecule is C/C=C(\C)[C@@H](OC(=O)C(C)(C)N)[C@@H](C)[C@H](C/C=C(\C)C(=O)N(C)[C@H](CC(C)C)C(=O)N[C@@H](C)C(=O)N(C)[C@H](Cc1ccc(Cl)cc1)C(=O)N(C)CC(=O)N[C@H](C(=O)O)[C@H](C)CC)OCSC. The van der Waals surface area contributed by atoms with Crippen LogP contribution >= 0.6 is 23.4 Å². The highest BCUT2D eigenvalue weighted by Gasteiger charge is 2.37. The number of nitrogens with two attached hydrogens (primary N) is 1. The van der Waals surface area contributed by atoms with E-state index in [1.807, 2.05) is 47.0 Å². The summed E-state index contributed by atoms with van der Waals surface area (Å²) < 4.78 is 12.1. The number of carbonyl (C=O) groups is 7. The van der Waals surface area contributed by atoms with Crippen molar-refractivity contribution >= 4 is 64.8 Å². The summed E-state index contributed by atoms with van der Waals surface area (Å²) in [4.78, 5) is 97.8. The Morgan fingerprint density at radius 2 is 1.52 bits per heavy atom. The van der Waals surface area contributed by atoms with E-state index in [2.05, 4.69) is 10.6 Å². The number of amides is 5. The quantitative estimate of drug-likeness (QED) is 0.0375. The minimum absolute atomic E-state index is 0.0304. The number of carbonyl (C=O) groups excluding carboxylic acids is 6. The van der Waals surface area contributed by atoms with E-state index in [1.54, 1.807) is 65.0 Å². The number of carboxylic acid groups (broad SMARTS) is 1. The summed E-state index contributed by atoms with van der Waals surface area (Å²) in [6, 6.07) is 2.28. The zero-order chi connectivity index (χ0) is 50.8. The Morgan fingerprint density at radius 3 is 2.02 bits per heavy atom. The maximum absolute atomic E-state index is 14.1. The van der Waals surface area contributed by atoms with E-state index in [1.165, 1.54) is 49.6 Å². The van der Waals surface area contributed by atoms with Crippen molar-refractivity contribution < 1.29 is 48.1 Å². The molecular weight excluding hydrogens is 888 g/mol. The molecule has 66 heavy (non-hydrogen) atoms. The van der Waals surface area contributed by atoms with E-state index in [4.69, 9.17) is 26.8 Å². The predicted molar refractivity (Wildman–Crippen MR) is 260 cm³/mol. The number of hydrogen-bond donors (Lipinski definition) is 4. The van der Waals surface area contributed by atoms with Crippen LogP contribution in [0.3, 0.4) is 0 Å². The molecule has 0 bridgehead atoms. The van der Waals surface area contributed by atoms with Gasteiger partial charge in [-0.1, -0.05) is 76.9 Å². The third kappa shape index (κ3) is 18.7. The Bertz CT molecular complexity index is 1870. The van der Waals surface area contributed by atoms with Crippen molar-refractivity contribution in [1.82, 2.24) is 25.3 Å². The van der Waals surface area contributed by atoms with Gasteiger partial charge in [-0.15, -0.1) is 11.8 Å². The van der Waals surface area contributed by atoms with Crippen LogP contribution in [0.5, 0.6) is 0 Å². The monoisotopic (exact) mass is 965 g/mol. The summed E-state index contributed by atoms with van der Waals surface area (Å²) >= 11 is 7.60. The molecule has 0 unspecified atom stereocenters. The third-order valence-corrected chi connectivity index (χ3v) is 12.3. The minimum Gasteiger partial charge on any atom is -0.480 e. The molecule has 1 aromatic carbocycles. The fraction of sp³-hybridized carbons (Fsp3) is 0.646. The molecule has 1 rings (SSSR count). The van der Waals surface area contributed by atoms with E-state index < -0.39 is 89.9 Å². The summed E-state index contributed by atoms with van der Waals surface area (Å²) in [7, 11) is 4.35. The summed E-state index contributed by atoms with van der Waals surface area (Å²) in [5, 5.41) is 15.4. The molecule has 5 amide bonds. The lowest BCUT2D eigenvalue weighted by Crippen LogP contribution is -2.57. The first kappa shape index (κ1) is 59.6. The van der Waals surface area contributed by atoms with Crippen molar-refractivity contribution in [2.24, 2.45) is 23.5 Å². The number of halogens is 1. The molecule has 0 saturated carbocycles. The highest BCUT2D eigenvalue weighted by Crippen LogP contribution is 2.27. The largest absolute Gasteiger partial charge is 0.480 e. The van der Waals surface area contributed by atoms with Crippen LogP contribution < -0.4 is 16.4 Å². The number of benzene rings is 1. The van der Waals surface area contributed by atoms with E-state index >= 15 is 0 Å². The lowest BCUT2D eigenvalue weighted by atomic mass is 9.90. The molecule has 0 aliphatic heterocycles. The fourth-order valence-electron chi connectivity index (χ4n) is 7.03. The molecule has 8 atom stereocenters. The number of carboxylic acids is 1. The van der Waals surface area contributed by atoms with Crippen molar-refractivity contribution in [3.05, 3.63) is 58.1 Å². The summed E-state index contributed by atoms with van der Waals surface area (Å²) in [6.45, 7) is 18.8. The first-order chi connectivity index (χ1) is 30.6. The first-order valence-electron chi connectivity index (χ1n) is 22.4. The zero-order valence-corrected chi connectivity index (χ0v) is 43.3. The van der Waals surface area contributed by atoms with Gasteiger partial charge >= 0.3 is 11.9 Å². The molecule has 5 N–H and O–H groups in total. The highest BCUT2D eigenvalue weighted by molar-refractivity contribution is 7.98. The van der Waals surface area contributed by atoms with Gasteiger partial charge in [0, 0.05) is 44.1 Å². The second-order valence-corrected chi connectivity index (χ2v) is 19.5. The molecule has 0 aromatic heterocycles. The maximum atomic E-state index is 14.1. The Morgan fingerprint density at radius 1 is 0.924 bits per heavy atom. The normalized spacial score (nSPS) is 15.8. The van der Waals surface area contributed by atoms with Crippen molar-refractivity contribution in [3.63, 3.8) is 0 Å². The average molecular weight is 966 g/mol. The molecule has 18 heteroatoms. The molecular formula is C48H77ClN6O10S. The van der Waals surface area contributed by atoms with Gasteiger partial charge in [0.2, 0.25) is 29.5 Å². The Kier molecular flexibility index (Phi) is 25.3. The van der Waals surface area contributed by atoms with Crippen LogP contribution in [0.15, 0.2) is 47.6 Å². The Balaban J connectivity index is 3.39. The van der Waals surface area contributed by atoms with Crippen LogP contribution in [-0.4, -0.2) is 143 Å². The summed E-state index contributed by atoms with van der Waals surface area (Å²) in [5.74, 6) is -5.00. The van der Waals surface area contributed by atoms with Gasteiger partial charge in [0.05, 0.1) is 18.6 Å². The smallest absolute Gasteiger partial charge is 0.326 e. The number of thioether (sulfide) groups is 1. The van der Waals surface area contributed by atoms with Crippen molar-refractivity contribution in [1.29, 1.82) is 0 Å². The number of likely N-dealkylation sites (N-methyl/N-ethyl adjacent to an activating group) is 3. The second kappa shape index (κ2) is 28.0. The molecule has 16 nitrogen and oxygen atoms in total. The molecule has 0 radical (unpaired) electrons. The number of nitrogens with one attached hydrogen (secondary N) is 2. The van der Waals surface area contributed by atoms with Gasteiger partial charge in [-0.2, -0.15) is 0 Å². The Hall–Kier alpha value is -4.45. The maximum Gasteiger partial charge on any atom is 0.326 e. The molecule has 0 aliphatic rings. The summed E-state index contributed by atoms with van der Waals surface area (Å²) in [5.41, 5.74) is 6.68. The molecule has 0 saturated heterocycles. The number of esters is 1. The van der Waals surface area contributed by atoms with Crippen LogP contribution in [0.25, 0.3) is 0 Å². The molecule has 0 heterocycles. The van der Waals surface area contributed by atoms with Crippen LogP contribution in [-0.2, 0) is 49.5 Å². The molecule has 0 spiro atoms. The number of allylic oxidation sites excluding steroid dienone is 1. The van der Waals surface area contributed by atoms with E-state index in [0.717, 1.165) is 10.5 Å². The van der Waals surface area contributed by atoms with Crippen LogP contribution in [0, 0.1) is 17.8 Å². The van der Waals surface area contributed by atoms with Gasteiger partial charge in [0.1, 0.15) is 35.8 Å². The van der Waals surface area contributed by atoms with Gasteiger partial charge < -0.3 is 45.6 Å². The topological polar surface area (TPSA) is 218 Å². The standard InChI is InChI=1S/C48H77ClN6O10S/c1-16-29(5)40(46(61)62)52-39(56)26-53(12)45(60)37(25-34-19-21-35(49)22-20-34)55(14)44(59)33(9)51-42(57)36(24-28(3)4)54(13)43(58)31(7)18-23-38(64-27-66-15)32(8)41(30(6)17-2)65-47(63)48(10,11)50/h17-22,28-29,32-33,36-38,40-41H,16,23-27,50H2,1-15H3,(H,51,57)(H,52,56)(H,61,62)/b30-17+,31-18+/t29-,32+,33+,36-,37-,38+,40+,41-/m1/s1. The zero-order valence-electron chi connectivity index (χ0n) is 41.7. The van der Waals surface area contributed by atoms with E-state index in [-0.39, 0.29) is 30.6 Å². The number of rotatable bonds is 27. The lowest BCUT2D eigenvalue weighted by Gasteiger charge is -2.34. The van der Waals surface area contributed by atoms with E-state index in [9.17, 15) is 38.7 Å². The Labute approximate surface area is 402 Å². The molecule has 0 aliphatic carbocycles. The highest BCUT2D eigenvalue weighted by atomic mass is 35.5. The third-order valence-electron chi connectivity index (χ3n) is 11.6. The second-order valence-electron chi connectivity index (χ2n) is 18.2. The van der Waals surface area contributed by atoms with Gasteiger partial charge in [0.15, 0.2) is 0 Å². The van der Waals surface area contributed by atoms with Gasteiger partial charge in [-0.3, -0.25) is 28.8 Å². The number of ether oxygens (including phenoxy) is 2. The van der Waals surface area contributed by atoms with Gasteiger partial charge in [-0.25, -0.2) is 4.79 Å². The number of hydrogen-bond acceptors (Lipinski definition) is 11. The summed E-state index contributed by atoms with van der Waals surface area (Å²) in [6.07, 6.45) is 5.50. The molecule has 1 aromatic rings. The first-order valence-corrected chi connectivity index (χ1v) is 24.2. The van der Waals surface area contributed by atoms with Crippen LogP contribution in [0.2, 0.25) is 5.02 Å². The number of nitrogens with zero attached hydrogens (tertiary/aromatic N) is 3. The van der Waals surface area contributed by atoms with Crippen molar-refractivity contribution in [3.8, 4) is 0 Å². The van der Waals surface area contributed by atoms with Gasteiger partial charge in [-0.05, 0) is 95.7 Å². The van der Waals surface area contributed by atoms with Crippen molar-refractivity contribution in [2.75, 3.05) is 39.9 Å². The predicted octanol–water partition coefficient (Wildman–Crippen LogP) is 5.45. The molecule has 372 valence electrons. The average Bonchev–Trinajstić information content (AvgIpc) is 3.26. The fourth-order valence-corrected chi connectivity index (χ4v) is 7.47. The number of aliphatic carboxylic acids is 1. The van der Waals surface area contributed by atoms with Crippen molar-refractivity contribution in [2.45, 2.75) is 144 Å².